The van der Waals surface area contributed by atoms with E-state index in [0.29, 0.717) is 10.7 Å². The van der Waals surface area contributed by atoms with Crippen LogP contribution < -0.4 is 5.73 Å². The Morgan fingerprint density at radius 1 is 1.56 bits per heavy atom. The van der Waals surface area contributed by atoms with Crippen molar-refractivity contribution in [1.82, 2.24) is 0 Å². The number of carbonyl (C=O) groups is 1. The lowest BCUT2D eigenvalue weighted by Crippen LogP contribution is -2.13. The van der Waals surface area contributed by atoms with Crippen molar-refractivity contribution in [3.05, 3.63) is 23.2 Å². The van der Waals surface area contributed by atoms with Crippen molar-refractivity contribution in [2.45, 2.75) is 24.8 Å². The smallest absolute Gasteiger partial charge is 0.316 e. The van der Waals surface area contributed by atoms with E-state index >= 15 is 0 Å². The first-order valence-corrected chi connectivity index (χ1v) is 6.22. The highest BCUT2D eigenvalue weighted by Gasteiger charge is 2.08. The van der Waals surface area contributed by atoms with Crippen LogP contribution >= 0.6 is 23.4 Å². The average Bonchev–Trinajstić information content (AvgIpc) is 2.15. The summed E-state index contributed by atoms with van der Waals surface area (Å²) in [5, 5.41) is 0.558. The molecule has 1 aromatic rings. The van der Waals surface area contributed by atoms with Gasteiger partial charge in [0.2, 0.25) is 0 Å². The molecule has 5 heteroatoms. The molecule has 16 heavy (non-hydrogen) atoms. The van der Waals surface area contributed by atoms with Crippen molar-refractivity contribution < 1.29 is 9.53 Å². The topological polar surface area (TPSA) is 52.3 Å². The summed E-state index contributed by atoms with van der Waals surface area (Å²) in [6.07, 6.45) is -0.0880. The number of anilines is 1. The molecular weight excluding hydrogens is 246 g/mol. The third-order valence-electron chi connectivity index (χ3n) is 1.67. The van der Waals surface area contributed by atoms with Crippen LogP contribution in [0.4, 0.5) is 5.69 Å². The van der Waals surface area contributed by atoms with E-state index in [9.17, 15) is 4.79 Å². The first kappa shape index (κ1) is 13.2. The van der Waals surface area contributed by atoms with Crippen LogP contribution in [0.25, 0.3) is 0 Å². The van der Waals surface area contributed by atoms with Crippen LogP contribution in [0.5, 0.6) is 0 Å². The summed E-state index contributed by atoms with van der Waals surface area (Å²) in [6, 6.07) is 5.21. The van der Waals surface area contributed by atoms with Gasteiger partial charge in [-0.15, -0.1) is 11.8 Å². The molecule has 0 spiro atoms. The lowest BCUT2D eigenvalue weighted by atomic mass is 10.3. The Balaban J connectivity index is 2.51. The van der Waals surface area contributed by atoms with Gasteiger partial charge in [0.25, 0.3) is 0 Å². The molecule has 0 fully saturated rings. The van der Waals surface area contributed by atoms with E-state index in [-0.39, 0.29) is 17.8 Å². The Kier molecular flexibility index (Phi) is 4.96. The molecular formula is C11H14ClNO2S. The van der Waals surface area contributed by atoms with E-state index in [4.69, 9.17) is 22.1 Å². The van der Waals surface area contributed by atoms with Gasteiger partial charge in [0.15, 0.2) is 0 Å². The number of hydrogen-bond acceptors (Lipinski definition) is 4. The van der Waals surface area contributed by atoms with Crippen LogP contribution in [0.2, 0.25) is 5.02 Å². The lowest BCUT2D eigenvalue weighted by molar-refractivity contribution is -0.144. The second-order valence-corrected chi connectivity index (χ2v) is 4.94. The summed E-state index contributed by atoms with van der Waals surface area (Å²) in [6.45, 7) is 3.64. The molecule has 0 atom stereocenters. The fourth-order valence-corrected chi connectivity index (χ4v) is 2.12. The second-order valence-electron chi connectivity index (χ2n) is 3.52. The van der Waals surface area contributed by atoms with Gasteiger partial charge in [0, 0.05) is 10.6 Å². The Bertz CT molecular complexity index is 382. The molecule has 0 heterocycles. The molecule has 0 amide bonds. The number of hydrogen-bond donors (Lipinski definition) is 1. The van der Waals surface area contributed by atoms with Crippen LogP contribution in [0.15, 0.2) is 23.1 Å². The third kappa shape index (κ3) is 4.33. The van der Waals surface area contributed by atoms with Crippen molar-refractivity contribution in [2.24, 2.45) is 0 Å². The number of benzene rings is 1. The highest BCUT2D eigenvalue weighted by Crippen LogP contribution is 2.28. The van der Waals surface area contributed by atoms with Crippen molar-refractivity contribution in [3.63, 3.8) is 0 Å². The molecule has 0 saturated carbocycles. The number of nitrogens with two attached hydrogens (primary N) is 1. The van der Waals surface area contributed by atoms with E-state index in [1.807, 2.05) is 13.8 Å². The van der Waals surface area contributed by atoms with E-state index in [0.717, 1.165) is 4.90 Å². The molecule has 1 rings (SSSR count). The largest absolute Gasteiger partial charge is 0.462 e. The van der Waals surface area contributed by atoms with Crippen LogP contribution in [0.1, 0.15) is 13.8 Å². The second kappa shape index (κ2) is 6.01. The van der Waals surface area contributed by atoms with Gasteiger partial charge in [-0.3, -0.25) is 4.79 Å². The number of rotatable bonds is 4. The Labute approximate surface area is 104 Å². The molecule has 0 aliphatic heterocycles. The molecule has 0 radical (unpaired) electrons. The van der Waals surface area contributed by atoms with Gasteiger partial charge in [-0.25, -0.2) is 0 Å². The minimum atomic E-state index is -0.243. The van der Waals surface area contributed by atoms with Crippen LogP contribution in [-0.4, -0.2) is 17.8 Å². The zero-order chi connectivity index (χ0) is 12.1. The summed E-state index contributed by atoms with van der Waals surface area (Å²) in [7, 11) is 0. The fourth-order valence-electron chi connectivity index (χ4n) is 1.07. The van der Waals surface area contributed by atoms with Crippen molar-refractivity contribution in [2.75, 3.05) is 11.5 Å². The number of halogens is 1. The summed E-state index contributed by atoms with van der Waals surface area (Å²) < 4.78 is 5.01. The van der Waals surface area contributed by atoms with Crippen molar-refractivity contribution >= 4 is 35.0 Å². The number of thioether (sulfide) groups is 1. The minimum absolute atomic E-state index is 0.0880. The monoisotopic (exact) mass is 259 g/mol. The van der Waals surface area contributed by atoms with Crippen molar-refractivity contribution in [3.8, 4) is 0 Å². The number of esters is 1. The number of ether oxygens (including phenoxy) is 1. The maximum atomic E-state index is 11.3. The molecule has 88 valence electrons. The summed E-state index contributed by atoms with van der Waals surface area (Å²) in [4.78, 5) is 12.1. The van der Waals surface area contributed by atoms with Gasteiger partial charge in [-0.2, -0.15) is 0 Å². The normalized spacial score (nSPS) is 10.5. The molecule has 0 saturated heterocycles. The lowest BCUT2D eigenvalue weighted by Gasteiger charge is -2.08. The van der Waals surface area contributed by atoms with Crippen LogP contribution in [-0.2, 0) is 9.53 Å². The van der Waals surface area contributed by atoms with Crippen LogP contribution in [0.3, 0.4) is 0 Å². The zero-order valence-electron chi connectivity index (χ0n) is 9.20. The fraction of sp³-hybridized carbons (Fsp3) is 0.364. The molecule has 1 aromatic carbocycles. The maximum Gasteiger partial charge on any atom is 0.316 e. The Morgan fingerprint density at radius 2 is 2.25 bits per heavy atom. The first-order valence-electron chi connectivity index (χ1n) is 4.86. The van der Waals surface area contributed by atoms with Gasteiger partial charge in [0.1, 0.15) is 0 Å². The van der Waals surface area contributed by atoms with Crippen molar-refractivity contribution in [1.29, 1.82) is 0 Å². The van der Waals surface area contributed by atoms with E-state index in [1.54, 1.807) is 18.2 Å². The quantitative estimate of drug-likeness (QED) is 0.513. The highest BCUT2D eigenvalue weighted by molar-refractivity contribution is 8.00. The van der Waals surface area contributed by atoms with Gasteiger partial charge in [0.05, 0.1) is 16.9 Å². The molecule has 2 N–H and O–H groups in total. The predicted molar refractivity (Wildman–Crippen MR) is 67.8 cm³/mol. The molecule has 0 bridgehead atoms. The maximum absolute atomic E-state index is 11.3. The minimum Gasteiger partial charge on any atom is -0.462 e. The molecule has 0 aliphatic carbocycles. The van der Waals surface area contributed by atoms with Gasteiger partial charge >= 0.3 is 5.97 Å². The summed E-state index contributed by atoms with van der Waals surface area (Å²) in [5.41, 5.74) is 6.17. The van der Waals surface area contributed by atoms with Gasteiger partial charge < -0.3 is 10.5 Å². The van der Waals surface area contributed by atoms with Gasteiger partial charge in [-0.1, -0.05) is 11.6 Å². The molecule has 0 aromatic heterocycles. The molecule has 0 aliphatic rings. The SMILES string of the molecule is CC(C)OC(=O)CSc1ccc(N)cc1Cl. The molecule has 3 nitrogen and oxygen atoms in total. The Hall–Kier alpha value is -0.870. The third-order valence-corrected chi connectivity index (χ3v) is 3.14. The van der Waals surface area contributed by atoms with Crippen LogP contribution in [0, 0.1) is 0 Å². The number of carbonyl (C=O) groups excluding carboxylic acids is 1. The highest BCUT2D eigenvalue weighted by atomic mass is 35.5. The summed E-state index contributed by atoms with van der Waals surface area (Å²) in [5.74, 6) is 0.00911. The van der Waals surface area contributed by atoms with E-state index < -0.39 is 0 Å². The first-order chi connectivity index (χ1) is 7.49. The average molecular weight is 260 g/mol. The standard InChI is InChI=1S/C11H14ClNO2S/c1-7(2)15-11(14)6-16-10-4-3-8(13)5-9(10)12/h3-5,7H,6,13H2,1-2H3. The van der Waals surface area contributed by atoms with E-state index in [2.05, 4.69) is 0 Å². The Morgan fingerprint density at radius 3 is 2.81 bits per heavy atom. The van der Waals surface area contributed by atoms with Gasteiger partial charge in [-0.05, 0) is 32.0 Å². The summed E-state index contributed by atoms with van der Waals surface area (Å²) >= 11 is 7.31. The predicted octanol–water partition coefficient (Wildman–Crippen LogP) is 2.97. The van der Waals surface area contributed by atoms with E-state index in [1.165, 1.54) is 11.8 Å². The zero-order valence-corrected chi connectivity index (χ0v) is 10.8. The number of nitrogen functional groups attached to an aromatic ring is 1. The molecule has 0 unspecified atom stereocenters.